The number of hydrogen-bond acceptors (Lipinski definition) is 3. The standard InChI is InChI=1S/C19H27BO2.C9H11BF2.C2H3N.FH/c1-13(10-14-8-6-5-7-9-14)20-21-17-12-15-11-16(18(15,2)3)19(17,4)22-20;1-8(10(11)12)7-9-5-3-2-4-6-9;1-2-3;/h5-9,13,15-17H,10-12H2,1-4H3;2-6,8H,7H2,1H3;1H3;1H/p-1/t13?,15?,16?,17?,19-;;;/m0.../s1. The monoisotopic (exact) mass is 526 g/mol. The van der Waals surface area contributed by atoms with Crippen molar-refractivity contribution in [2.24, 2.45) is 17.3 Å². The molecule has 2 aromatic rings. The normalized spacial score (nSPS) is 27.3. The number of benzene rings is 2. The molecule has 5 unspecified atom stereocenters. The van der Waals surface area contributed by atoms with Crippen molar-refractivity contribution < 1.29 is 22.6 Å². The van der Waals surface area contributed by atoms with Gasteiger partial charge in [0.25, 0.3) is 0 Å². The Morgan fingerprint density at radius 3 is 1.95 bits per heavy atom. The Hall–Kier alpha value is -2.23. The van der Waals surface area contributed by atoms with E-state index in [4.69, 9.17) is 14.6 Å². The van der Waals surface area contributed by atoms with E-state index in [1.807, 2.05) is 30.3 Å². The van der Waals surface area contributed by atoms with Crippen LogP contribution in [0.1, 0.15) is 65.5 Å². The predicted octanol–water partition coefficient (Wildman–Crippen LogP) is 4.93. The molecule has 0 aromatic heterocycles. The molecule has 0 amide bonds. The van der Waals surface area contributed by atoms with E-state index in [9.17, 15) is 8.63 Å². The van der Waals surface area contributed by atoms with Crippen molar-refractivity contribution in [1.82, 2.24) is 0 Å². The first-order valence-corrected chi connectivity index (χ1v) is 13.5. The minimum absolute atomic E-state index is 0. The van der Waals surface area contributed by atoms with Crippen molar-refractivity contribution in [1.29, 1.82) is 5.26 Å². The number of nitrogens with zero attached hydrogens (tertiary/aromatic N) is 1. The van der Waals surface area contributed by atoms with Crippen LogP contribution in [0.5, 0.6) is 0 Å². The fourth-order valence-corrected chi connectivity index (χ4v) is 6.30. The van der Waals surface area contributed by atoms with Gasteiger partial charge in [0.2, 0.25) is 0 Å². The van der Waals surface area contributed by atoms with Crippen molar-refractivity contribution in [3.05, 3.63) is 71.8 Å². The van der Waals surface area contributed by atoms with Gasteiger partial charge < -0.3 is 14.0 Å². The highest BCUT2D eigenvalue weighted by atomic mass is 19.2. The largest absolute Gasteiger partial charge is 1.00 e. The van der Waals surface area contributed by atoms with Crippen LogP contribution in [0.4, 0.5) is 8.63 Å². The molecule has 206 valence electrons. The number of rotatable bonds is 6. The molecule has 38 heavy (non-hydrogen) atoms. The highest BCUT2D eigenvalue weighted by Gasteiger charge is 2.68. The average molecular weight is 526 g/mol. The van der Waals surface area contributed by atoms with Gasteiger partial charge in [-0.2, -0.15) is 5.26 Å². The molecule has 0 spiro atoms. The molecule has 0 N–H and O–H groups in total. The minimum Gasteiger partial charge on any atom is -1.00 e. The lowest BCUT2D eigenvalue weighted by Crippen LogP contribution is -3.00. The Balaban J connectivity index is 0.000000271. The zero-order valence-corrected chi connectivity index (χ0v) is 23.5. The molecule has 4 aliphatic rings. The van der Waals surface area contributed by atoms with Gasteiger partial charge in [-0.1, -0.05) is 88.4 Å². The molecule has 2 bridgehead atoms. The van der Waals surface area contributed by atoms with Gasteiger partial charge >= 0.3 is 14.4 Å². The van der Waals surface area contributed by atoms with Gasteiger partial charge in [-0.15, -0.1) is 0 Å². The highest BCUT2D eigenvalue weighted by Crippen LogP contribution is 2.66. The lowest BCUT2D eigenvalue weighted by Gasteiger charge is -2.64. The van der Waals surface area contributed by atoms with Gasteiger partial charge in [0.1, 0.15) is 0 Å². The average Bonchev–Trinajstić information content (AvgIpc) is 3.23. The van der Waals surface area contributed by atoms with Gasteiger partial charge in [0.15, 0.2) is 0 Å². The van der Waals surface area contributed by atoms with Crippen LogP contribution in [-0.4, -0.2) is 26.1 Å². The number of halogens is 3. The van der Waals surface area contributed by atoms with E-state index in [-0.39, 0.29) is 17.4 Å². The highest BCUT2D eigenvalue weighted by molar-refractivity contribution is 6.47. The zero-order chi connectivity index (χ0) is 27.2. The molecule has 8 heteroatoms. The Morgan fingerprint density at radius 2 is 1.47 bits per heavy atom. The second-order valence-corrected chi connectivity index (χ2v) is 11.7. The van der Waals surface area contributed by atoms with Crippen molar-refractivity contribution in [2.75, 3.05) is 0 Å². The predicted molar refractivity (Wildman–Crippen MR) is 149 cm³/mol. The Labute approximate surface area is 228 Å². The van der Waals surface area contributed by atoms with Crippen LogP contribution in [0.15, 0.2) is 60.7 Å². The molecule has 6 rings (SSSR count). The SMILES string of the molecule is CC#N.CC(Cc1ccccc1)B(F)F.CC(Cc1ccccc1)B1OC2CC3CC(C3(C)C)[C@]2(C)O1.[F-]. The lowest BCUT2D eigenvalue weighted by molar-refractivity contribution is -0.199. The van der Waals surface area contributed by atoms with Gasteiger partial charge in [0.05, 0.1) is 17.8 Å². The Bertz CT molecular complexity index is 1020. The summed E-state index contributed by atoms with van der Waals surface area (Å²) in [5.74, 6) is 1.32. The molecule has 1 aliphatic heterocycles. The molecule has 0 radical (unpaired) electrons. The molecule has 3 saturated carbocycles. The molecular formula is C30H41B2F3NO2-. The first-order valence-electron chi connectivity index (χ1n) is 13.5. The summed E-state index contributed by atoms with van der Waals surface area (Å²) in [7, 11) is -2.27. The quantitative estimate of drug-likeness (QED) is 0.502. The fourth-order valence-electron chi connectivity index (χ4n) is 6.30. The third-order valence-electron chi connectivity index (χ3n) is 8.66. The van der Waals surface area contributed by atoms with E-state index in [2.05, 4.69) is 58.0 Å². The van der Waals surface area contributed by atoms with Crippen LogP contribution < -0.4 is 4.70 Å². The number of hydrogen-bond donors (Lipinski definition) is 0. The van der Waals surface area contributed by atoms with Crippen LogP contribution >= 0.6 is 0 Å². The van der Waals surface area contributed by atoms with Crippen LogP contribution in [0.2, 0.25) is 11.6 Å². The van der Waals surface area contributed by atoms with Crippen molar-refractivity contribution in [3.8, 4) is 6.07 Å². The van der Waals surface area contributed by atoms with Crippen molar-refractivity contribution >= 4 is 14.4 Å². The van der Waals surface area contributed by atoms with Crippen LogP contribution in [0, 0.1) is 28.6 Å². The molecule has 3 aliphatic carbocycles. The lowest BCUT2D eigenvalue weighted by atomic mass is 9.43. The summed E-state index contributed by atoms with van der Waals surface area (Å²) in [5, 5.41) is 7.32. The zero-order valence-electron chi connectivity index (χ0n) is 23.5. The van der Waals surface area contributed by atoms with E-state index in [0.29, 0.717) is 29.7 Å². The maximum Gasteiger partial charge on any atom is 0.541 e. The van der Waals surface area contributed by atoms with Crippen molar-refractivity contribution in [2.45, 2.75) is 90.6 Å². The molecule has 3 nitrogen and oxygen atoms in total. The van der Waals surface area contributed by atoms with E-state index in [0.717, 1.165) is 17.9 Å². The van der Waals surface area contributed by atoms with Crippen molar-refractivity contribution in [3.63, 3.8) is 0 Å². The van der Waals surface area contributed by atoms with Gasteiger partial charge in [-0.25, -0.2) is 0 Å². The number of nitriles is 1. The summed E-state index contributed by atoms with van der Waals surface area (Å²) in [6, 6.07) is 21.8. The van der Waals surface area contributed by atoms with Crippen LogP contribution in [0.3, 0.4) is 0 Å². The van der Waals surface area contributed by atoms with E-state index < -0.39 is 13.1 Å². The molecule has 4 fully saturated rings. The summed E-state index contributed by atoms with van der Waals surface area (Å²) >= 11 is 0. The first kappa shape index (κ1) is 32.0. The van der Waals surface area contributed by atoms with Crippen LogP contribution in [-0.2, 0) is 22.2 Å². The van der Waals surface area contributed by atoms with E-state index in [1.165, 1.54) is 25.3 Å². The summed E-state index contributed by atoms with van der Waals surface area (Å²) in [4.78, 5) is 0. The van der Waals surface area contributed by atoms with Gasteiger partial charge in [0, 0.05) is 12.7 Å². The van der Waals surface area contributed by atoms with Gasteiger partial charge in [-0.3, -0.25) is 8.63 Å². The summed E-state index contributed by atoms with van der Waals surface area (Å²) < 4.78 is 37.2. The molecule has 2 aromatic carbocycles. The summed E-state index contributed by atoms with van der Waals surface area (Å²) in [6.07, 6.45) is 4.27. The molecule has 1 heterocycles. The maximum absolute atomic E-state index is 12.1. The van der Waals surface area contributed by atoms with E-state index >= 15 is 0 Å². The van der Waals surface area contributed by atoms with Gasteiger partial charge in [-0.05, 0) is 66.8 Å². The third-order valence-corrected chi connectivity index (χ3v) is 8.66. The summed E-state index contributed by atoms with van der Waals surface area (Å²) in [5.41, 5.74) is 2.69. The van der Waals surface area contributed by atoms with Crippen LogP contribution in [0.25, 0.3) is 0 Å². The second kappa shape index (κ2) is 13.7. The smallest absolute Gasteiger partial charge is 0.541 e. The molecular weight excluding hydrogens is 485 g/mol. The molecule has 1 saturated heterocycles. The molecule has 6 atom stereocenters. The second-order valence-electron chi connectivity index (χ2n) is 11.7. The Morgan fingerprint density at radius 1 is 0.974 bits per heavy atom. The minimum atomic E-state index is -2.22. The summed E-state index contributed by atoms with van der Waals surface area (Å²) in [6.45, 7) is 12.4. The Kier molecular flexibility index (Phi) is 11.5. The third kappa shape index (κ3) is 7.24. The maximum atomic E-state index is 12.1. The fraction of sp³-hybridized carbons (Fsp3) is 0.567. The topological polar surface area (TPSA) is 42.2 Å². The first-order chi connectivity index (χ1) is 17.5. The van der Waals surface area contributed by atoms with E-state index in [1.54, 1.807) is 13.0 Å².